The van der Waals surface area contributed by atoms with Crippen LogP contribution in [0, 0.1) is 0 Å². The summed E-state index contributed by atoms with van der Waals surface area (Å²) in [7, 11) is 0. The molecule has 2 aromatic rings. The van der Waals surface area contributed by atoms with Gasteiger partial charge < -0.3 is 11.5 Å². The van der Waals surface area contributed by atoms with E-state index in [0.717, 1.165) is 16.1 Å². The number of hydrogen-bond donors (Lipinski definition) is 2. The first-order valence-corrected chi connectivity index (χ1v) is 6.79. The maximum atomic E-state index is 5.77. The summed E-state index contributed by atoms with van der Waals surface area (Å²) in [4.78, 5) is 0. The molecule has 4 N–H and O–H groups in total. The first-order chi connectivity index (χ1) is 9.08. The molecule has 0 saturated carbocycles. The molecule has 0 bridgehead atoms. The van der Waals surface area contributed by atoms with Crippen molar-refractivity contribution >= 4 is 34.8 Å². The van der Waals surface area contributed by atoms with Gasteiger partial charge in [-0.3, -0.25) is 0 Å². The summed E-state index contributed by atoms with van der Waals surface area (Å²) in [6, 6.07) is 12.9. The highest BCUT2D eigenvalue weighted by Gasteiger charge is 1.96. The molecule has 0 aliphatic carbocycles. The Balaban J connectivity index is 0.000000191. The van der Waals surface area contributed by atoms with Gasteiger partial charge in [0.15, 0.2) is 0 Å². The van der Waals surface area contributed by atoms with Crippen molar-refractivity contribution in [2.24, 2.45) is 11.5 Å². The maximum absolute atomic E-state index is 5.77. The lowest BCUT2D eigenvalue weighted by Crippen LogP contribution is -1.96. The van der Waals surface area contributed by atoms with E-state index in [4.69, 9.17) is 46.3 Å². The van der Waals surface area contributed by atoms with Gasteiger partial charge in [-0.25, -0.2) is 0 Å². The molecule has 0 amide bonds. The maximum Gasteiger partial charge on any atom is 0.0465 e. The molecular weight excluding hydrogens is 303 g/mol. The van der Waals surface area contributed by atoms with Crippen LogP contribution < -0.4 is 11.5 Å². The monoisotopic (exact) mass is 316 g/mol. The highest BCUT2D eigenvalue weighted by molar-refractivity contribution is 6.35. The van der Waals surface area contributed by atoms with E-state index in [0.29, 0.717) is 23.1 Å². The van der Waals surface area contributed by atoms with Gasteiger partial charge >= 0.3 is 0 Å². The Hall–Kier alpha value is -0.770. The molecule has 0 atom stereocenters. The molecule has 0 radical (unpaired) electrons. The summed E-state index contributed by atoms with van der Waals surface area (Å²) in [6.07, 6.45) is 0. The van der Waals surface area contributed by atoms with Crippen molar-refractivity contribution < 1.29 is 0 Å². The minimum atomic E-state index is 0.454. The van der Waals surface area contributed by atoms with Crippen LogP contribution >= 0.6 is 34.8 Å². The molecular formula is C14H15Cl3N2. The molecule has 0 unspecified atom stereocenters. The Morgan fingerprint density at radius 2 is 1.32 bits per heavy atom. The summed E-state index contributed by atoms with van der Waals surface area (Å²) in [5.74, 6) is 0. The number of benzene rings is 2. The largest absolute Gasteiger partial charge is 0.326 e. The summed E-state index contributed by atoms with van der Waals surface area (Å²) in [5, 5.41) is 2.03. The van der Waals surface area contributed by atoms with Gasteiger partial charge in [0.1, 0.15) is 0 Å². The molecule has 5 heteroatoms. The van der Waals surface area contributed by atoms with E-state index in [1.54, 1.807) is 12.1 Å². The predicted octanol–water partition coefficient (Wildman–Crippen LogP) is 4.25. The van der Waals surface area contributed by atoms with Crippen LogP contribution in [0.3, 0.4) is 0 Å². The summed E-state index contributed by atoms with van der Waals surface area (Å²) in [6.45, 7) is 0.968. The lowest BCUT2D eigenvalue weighted by atomic mass is 10.2. The normalized spacial score (nSPS) is 9.74. The minimum absolute atomic E-state index is 0.454. The van der Waals surface area contributed by atoms with Crippen LogP contribution in [0.4, 0.5) is 0 Å². The van der Waals surface area contributed by atoms with Crippen LogP contribution in [0.25, 0.3) is 0 Å². The topological polar surface area (TPSA) is 52.0 Å². The molecule has 2 rings (SSSR count). The second kappa shape index (κ2) is 8.41. The molecule has 0 fully saturated rings. The number of halogens is 3. The number of rotatable bonds is 2. The first kappa shape index (κ1) is 16.3. The van der Waals surface area contributed by atoms with Gasteiger partial charge in [0, 0.05) is 28.2 Å². The van der Waals surface area contributed by atoms with E-state index in [2.05, 4.69) is 0 Å². The lowest BCUT2D eigenvalue weighted by molar-refractivity contribution is 1.07. The number of hydrogen-bond acceptors (Lipinski definition) is 2. The third kappa shape index (κ3) is 5.39. The van der Waals surface area contributed by atoms with Crippen molar-refractivity contribution in [2.75, 3.05) is 0 Å². The van der Waals surface area contributed by atoms with Crippen molar-refractivity contribution in [3.05, 3.63) is 68.7 Å². The molecule has 0 aliphatic heterocycles. The van der Waals surface area contributed by atoms with Crippen LogP contribution in [-0.4, -0.2) is 0 Å². The first-order valence-electron chi connectivity index (χ1n) is 5.66. The van der Waals surface area contributed by atoms with E-state index >= 15 is 0 Å². The van der Waals surface area contributed by atoms with Gasteiger partial charge in [-0.15, -0.1) is 0 Å². The Bertz CT molecular complexity index is 530. The van der Waals surface area contributed by atoms with E-state index < -0.39 is 0 Å². The molecule has 0 saturated heterocycles. The predicted molar refractivity (Wildman–Crippen MR) is 83.7 cm³/mol. The number of nitrogens with two attached hydrogens (primary N) is 2. The average molecular weight is 318 g/mol. The van der Waals surface area contributed by atoms with Gasteiger partial charge in [0.2, 0.25) is 0 Å². The molecule has 0 aliphatic rings. The van der Waals surface area contributed by atoms with E-state index in [1.165, 1.54) is 0 Å². The van der Waals surface area contributed by atoms with Crippen LogP contribution in [0.1, 0.15) is 11.1 Å². The second-order valence-electron chi connectivity index (χ2n) is 3.74. The smallest absolute Gasteiger partial charge is 0.0465 e. The summed E-state index contributed by atoms with van der Waals surface area (Å²) in [5.41, 5.74) is 12.7. The van der Waals surface area contributed by atoms with Crippen molar-refractivity contribution in [1.82, 2.24) is 0 Å². The Kier molecular flexibility index (Phi) is 7.21. The van der Waals surface area contributed by atoms with Crippen LogP contribution in [-0.2, 0) is 13.1 Å². The quantitative estimate of drug-likeness (QED) is 0.870. The fraction of sp³-hybridized carbons (Fsp3) is 0.143. The lowest BCUT2D eigenvalue weighted by Gasteiger charge is -1.98. The standard InChI is InChI=1S/C7H7Cl2N.C7H8ClN/c8-6-2-1-5(4-10)7(9)3-6;8-7-4-2-1-3-6(7)5-9/h1-3H,4,10H2;1-4H,5,9H2. The van der Waals surface area contributed by atoms with Crippen LogP contribution in [0.5, 0.6) is 0 Å². The van der Waals surface area contributed by atoms with Gasteiger partial charge in [-0.05, 0) is 29.3 Å². The Labute approximate surface area is 128 Å². The summed E-state index contributed by atoms with van der Waals surface area (Å²) >= 11 is 17.2. The molecule has 0 aromatic heterocycles. The fourth-order valence-electron chi connectivity index (χ4n) is 1.35. The average Bonchev–Trinajstić information content (AvgIpc) is 2.40. The van der Waals surface area contributed by atoms with E-state index in [9.17, 15) is 0 Å². The molecule has 19 heavy (non-hydrogen) atoms. The zero-order chi connectivity index (χ0) is 14.3. The van der Waals surface area contributed by atoms with Crippen molar-refractivity contribution in [2.45, 2.75) is 13.1 Å². The highest BCUT2D eigenvalue weighted by Crippen LogP contribution is 2.19. The van der Waals surface area contributed by atoms with Gasteiger partial charge in [-0.1, -0.05) is 59.1 Å². The minimum Gasteiger partial charge on any atom is -0.326 e. The summed E-state index contributed by atoms with van der Waals surface area (Å²) < 4.78 is 0. The second-order valence-corrected chi connectivity index (χ2v) is 4.99. The van der Waals surface area contributed by atoms with Gasteiger partial charge in [0.25, 0.3) is 0 Å². The molecule has 2 aromatic carbocycles. The highest BCUT2D eigenvalue weighted by atomic mass is 35.5. The zero-order valence-electron chi connectivity index (χ0n) is 10.2. The molecule has 0 heterocycles. The molecule has 0 spiro atoms. The zero-order valence-corrected chi connectivity index (χ0v) is 12.5. The van der Waals surface area contributed by atoms with Crippen LogP contribution in [0.15, 0.2) is 42.5 Å². The van der Waals surface area contributed by atoms with Crippen molar-refractivity contribution in [3.63, 3.8) is 0 Å². The third-order valence-electron chi connectivity index (χ3n) is 2.41. The Morgan fingerprint density at radius 3 is 1.79 bits per heavy atom. The molecule has 102 valence electrons. The van der Waals surface area contributed by atoms with Crippen molar-refractivity contribution in [1.29, 1.82) is 0 Å². The van der Waals surface area contributed by atoms with Gasteiger partial charge in [-0.2, -0.15) is 0 Å². The fourth-order valence-corrected chi connectivity index (χ4v) is 2.05. The van der Waals surface area contributed by atoms with Gasteiger partial charge in [0.05, 0.1) is 0 Å². The van der Waals surface area contributed by atoms with E-state index in [1.807, 2.05) is 30.3 Å². The molecule has 2 nitrogen and oxygen atoms in total. The third-order valence-corrected chi connectivity index (χ3v) is 3.37. The van der Waals surface area contributed by atoms with E-state index in [-0.39, 0.29) is 0 Å². The SMILES string of the molecule is NCc1ccc(Cl)cc1Cl.NCc1ccccc1Cl. The Morgan fingerprint density at radius 1 is 0.737 bits per heavy atom. The van der Waals surface area contributed by atoms with Crippen LogP contribution in [0.2, 0.25) is 15.1 Å². The van der Waals surface area contributed by atoms with Crippen molar-refractivity contribution in [3.8, 4) is 0 Å².